The third-order valence-electron chi connectivity index (χ3n) is 4.16. The van der Waals surface area contributed by atoms with Crippen molar-refractivity contribution in [3.63, 3.8) is 0 Å². The zero-order valence-electron chi connectivity index (χ0n) is 12.5. The summed E-state index contributed by atoms with van der Waals surface area (Å²) in [6.07, 6.45) is 0. The van der Waals surface area contributed by atoms with E-state index in [-0.39, 0.29) is 11.4 Å². The van der Waals surface area contributed by atoms with Crippen molar-refractivity contribution in [2.24, 2.45) is 0 Å². The number of benzene rings is 3. The Morgan fingerprint density at radius 3 is 2.61 bits per heavy atom. The van der Waals surface area contributed by atoms with Crippen LogP contribution in [-0.2, 0) is 0 Å². The number of aromatic hydroxyl groups is 1. The Bertz CT molecular complexity index is 1110. The van der Waals surface area contributed by atoms with Gasteiger partial charge in [-0.1, -0.05) is 48.5 Å². The Morgan fingerprint density at radius 1 is 0.913 bits per heavy atom. The highest BCUT2D eigenvalue weighted by Crippen LogP contribution is 2.36. The molecular formula is C20H14O3. The van der Waals surface area contributed by atoms with Crippen LogP contribution >= 0.6 is 0 Å². The Balaban J connectivity index is 1.99. The van der Waals surface area contributed by atoms with Gasteiger partial charge in [0, 0.05) is 22.4 Å². The van der Waals surface area contributed by atoms with Crippen molar-refractivity contribution in [3.8, 4) is 16.9 Å². The SMILES string of the molecule is Cc1cc(=O)oc2cc(-c3ccc4ccccc4c3O)ccc12. The van der Waals surface area contributed by atoms with Crippen LogP contribution < -0.4 is 5.63 Å². The number of rotatable bonds is 1. The second kappa shape index (κ2) is 4.99. The van der Waals surface area contributed by atoms with Crippen LogP contribution in [0.4, 0.5) is 0 Å². The number of phenols is 1. The molecule has 4 aromatic rings. The smallest absolute Gasteiger partial charge is 0.336 e. The third kappa shape index (κ3) is 2.18. The minimum Gasteiger partial charge on any atom is -0.507 e. The summed E-state index contributed by atoms with van der Waals surface area (Å²) < 4.78 is 5.29. The highest BCUT2D eigenvalue weighted by molar-refractivity contribution is 5.96. The van der Waals surface area contributed by atoms with Gasteiger partial charge in [0.2, 0.25) is 0 Å². The minimum atomic E-state index is -0.366. The molecule has 3 aromatic carbocycles. The van der Waals surface area contributed by atoms with Crippen molar-refractivity contribution in [2.45, 2.75) is 6.92 Å². The van der Waals surface area contributed by atoms with E-state index in [0.717, 1.165) is 32.8 Å². The average molecular weight is 302 g/mol. The van der Waals surface area contributed by atoms with Gasteiger partial charge in [-0.25, -0.2) is 4.79 Å². The van der Waals surface area contributed by atoms with Crippen LogP contribution in [0.3, 0.4) is 0 Å². The number of aryl methyl sites for hydroxylation is 1. The summed E-state index contributed by atoms with van der Waals surface area (Å²) in [6, 6.07) is 18.7. The molecule has 0 unspecified atom stereocenters. The summed E-state index contributed by atoms with van der Waals surface area (Å²) in [5.74, 6) is 0.234. The van der Waals surface area contributed by atoms with E-state index in [0.29, 0.717) is 5.58 Å². The summed E-state index contributed by atoms with van der Waals surface area (Å²) in [4.78, 5) is 11.6. The summed E-state index contributed by atoms with van der Waals surface area (Å²) in [5, 5.41) is 13.3. The molecule has 4 rings (SSSR count). The minimum absolute atomic E-state index is 0.234. The van der Waals surface area contributed by atoms with E-state index < -0.39 is 0 Å². The lowest BCUT2D eigenvalue weighted by atomic mass is 9.98. The van der Waals surface area contributed by atoms with Gasteiger partial charge in [0.25, 0.3) is 0 Å². The predicted octanol–water partition coefficient (Wildman–Crippen LogP) is 4.63. The third-order valence-corrected chi connectivity index (χ3v) is 4.16. The average Bonchev–Trinajstić information content (AvgIpc) is 2.55. The number of hydrogen-bond acceptors (Lipinski definition) is 3. The Labute approximate surface area is 132 Å². The van der Waals surface area contributed by atoms with Crippen molar-refractivity contribution in [2.75, 3.05) is 0 Å². The van der Waals surface area contributed by atoms with Crippen LogP contribution in [0.25, 0.3) is 32.9 Å². The summed E-state index contributed by atoms with van der Waals surface area (Å²) in [7, 11) is 0. The van der Waals surface area contributed by atoms with Crippen LogP contribution in [0.2, 0.25) is 0 Å². The highest BCUT2D eigenvalue weighted by Gasteiger charge is 2.10. The monoisotopic (exact) mass is 302 g/mol. The summed E-state index contributed by atoms with van der Waals surface area (Å²) >= 11 is 0. The maximum Gasteiger partial charge on any atom is 0.336 e. The van der Waals surface area contributed by atoms with E-state index in [4.69, 9.17) is 4.42 Å². The first-order valence-electron chi connectivity index (χ1n) is 7.39. The van der Waals surface area contributed by atoms with Crippen molar-refractivity contribution >= 4 is 21.7 Å². The van der Waals surface area contributed by atoms with E-state index in [2.05, 4.69) is 0 Å². The molecule has 0 fully saturated rings. The Hall–Kier alpha value is -3.07. The second-order valence-corrected chi connectivity index (χ2v) is 5.64. The summed E-state index contributed by atoms with van der Waals surface area (Å²) in [5.41, 5.74) is 2.57. The first-order chi connectivity index (χ1) is 11.1. The molecule has 0 amide bonds. The molecule has 0 saturated heterocycles. The van der Waals surface area contributed by atoms with Crippen molar-refractivity contribution in [1.29, 1.82) is 0 Å². The Morgan fingerprint density at radius 2 is 1.74 bits per heavy atom. The topological polar surface area (TPSA) is 50.4 Å². The van der Waals surface area contributed by atoms with E-state index in [9.17, 15) is 9.90 Å². The predicted molar refractivity (Wildman–Crippen MR) is 91.8 cm³/mol. The quantitative estimate of drug-likeness (QED) is 0.522. The van der Waals surface area contributed by atoms with Gasteiger partial charge < -0.3 is 9.52 Å². The molecule has 0 bridgehead atoms. The van der Waals surface area contributed by atoms with Crippen LogP contribution in [0, 0.1) is 6.92 Å². The van der Waals surface area contributed by atoms with Gasteiger partial charge >= 0.3 is 5.63 Å². The van der Waals surface area contributed by atoms with Gasteiger partial charge in [0.1, 0.15) is 11.3 Å². The number of phenolic OH excluding ortho intramolecular Hbond substituents is 1. The van der Waals surface area contributed by atoms with E-state index >= 15 is 0 Å². The maximum absolute atomic E-state index is 11.6. The lowest BCUT2D eigenvalue weighted by Gasteiger charge is -2.09. The van der Waals surface area contributed by atoms with Crippen LogP contribution in [0.5, 0.6) is 5.75 Å². The zero-order chi connectivity index (χ0) is 16.0. The molecule has 1 N–H and O–H groups in total. The molecule has 0 atom stereocenters. The van der Waals surface area contributed by atoms with Gasteiger partial charge in [-0.15, -0.1) is 0 Å². The van der Waals surface area contributed by atoms with Gasteiger partial charge in [0.05, 0.1) is 0 Å². The summed E-state index contributed by atoms with van der Waals surface area (Å²) in [6.45, 7) is 1.88. The van der Waals surface area contributed by atoms with Crippen LogP contribution in [-0.4, -0.2) is 5.11 Å². The van der Waals surface area contributed by atoms with Gasteiger partial charge in [-0.05, 0) is 29.5 Å². The van der Waals surface area contributed by atoms with E-state index in [1.165, 1.54) is 6.07 Å². The molecule has 0 radical (unpaired) electrons. The first kappa shape index (κ1) is 13.6. The lowest BCUT2D eigenvalue weighted by Crippen LogP contribution is -1.97. The van der Waals surface area contributed by atoms with Crippen LogP contribution in [0.1, 0.15) is 5.56 Å². The Kier molecular flexibility index (Phi) is 2.95. The van der Waals surface area contributed by atoms with Gasteiger partial charge in [-0.3, -0.25) is 0 Å². The maximum atomic E-state index is 11.6. The molecule has 0 aliphatic rings. The molecule has 112 valence electrons. The molecule has 0 saturated carbocycles. The molecule has 0 spiro atoms. The fourth-order valence-corrected chi connectivity index (χ4v) is 2.98. The standard InChI is InChI=1S/C20H14O3/c1-12-10-19(21)23-18-11-14(7-8-15(12)18)17-9-6-13-4-2-3-5-16(13)20(17)22/h2-11,22H,1H3. The van der Waals surface area contributed by atoms with E-state index in [1.54, 1.807) is 6.07 Å². The van der Waals surface area contributed by atoms with Gasteiger partial charge in [0.15, 0.2) is 0 Å². The molecule has 3 heteroatoms. The van der Waals surface area contributed by atoms with Crippen molar-refractivity contribution < 1.29 is 9.52 Å². The molecule has 0 aliphatic heterocycles. The van der Waals surface area contributed by atoms with E-state index in [1.807, 2.05) is 55.5 Å². The van der Waals surface area contributed by atoms with Crippen molar-refractivity contribution in [3.05, 3.63) is 76.6 Å². The number of hydrogen-bond donors (Lipinski definition) is 1. The molecule has 3 nitrogen and oxygen atoms in total. The molecule has 0 aliphatic carbocycles. The lowest BCUT2D eigenvalue weighted by molar-refractivity contribution is 0.483. The molecule has 1 aromatic heterocycles. The molecule has 23 heavy (non-hydrogen) atoms. The molecule has 1 heterocycles. The zero-order valence-corrected chi connectivity index (χ0v) is 12.5. The van der Waals surface area contributed by atoms with Crippen molar-refractivity contribution in [1.82, 2.24) is 0 Å². The highest BCUT2D eigenvalue weighted by atomic mass is 16.4. The molecular weight excluding hydrogens is 288 g/mol. The van der Waals surface area contributed by atoms with Gasteiger partial charge in [-0.2, -0.15) is 0 Å². The fourth-order valence-electron chi connectivity index (χ4n) is 2.98. The van der Waals surface area contributed by atoms with Crippen LogP contribution in [0.15, 0.2) is 69.9 Å². The first-order valence-corrected chi connectivity index (χ1v) is 7.39. The second-order valence-electron chi connectivity index (χ2n) is 5.64. The largest absolute Gasteiger partial charge is 0.507 e. The number of fused-ring (bicyclic) bond motifs is 2. The normalized spacial score (nSPS) is 11.2. The fraction of sp³-hybridized carbons (Fsp3) is 0.0500.